The fourth-order valence-electron chi connectivity index (χ4n) is 2.50. The highest BCUT2D eigenvalue weighted by atomic mass is 15.0. The largest absolute Gasteiger partial charge is 0.338 e. The second-order valence-corrected chi connectivity index (χ2v) is 4.98. The van der Waals surface area contributed by atoms with Crippen molar-refractivity contribution in [3.63, 3.8) is 0 Å². The zero-order chi connectivity index (χ0) is 14.1. The Balaban J connectivity index is 2.32. The molecule has 0 aliphatic heterocycles. The summed E-state index contributed by atoms with van der Waals surface area (Å²) < 4.78 is 2.25. The van der Waals surface area contributed by atoms with Gasteiger partial charge in [0.1, 0.15) is 6.33 Å². The lowest BCUT2D eigenvalue weighted by atomic mass is 10.2. The van der Waals surface area contributed by atoms with Crippen LogP contribution < -0.4 is 0 Å². The summed E-state index contributed by atoms with van der Waals surface area (Å²) in [6.45, 7) is 11.4. The van der Waals surface area contributed by atoms with E-state index in [4.69, 9.17) is 6.57 Å². The van der Waals surface area contributed by atoms with Crippen molar-refractivity contribution >= 4 is 16.6 Å². The summed E-state index contributed by atoms with van der Waals surface area (Å²) in [5.41, 5.74) is 3.86. The molecule has 0 saturated carbocycles. The quantitative estimate of drug-likeness (QED) is 0.648. The molecular formula is C16H14N4. The molecule has 0 saturated heterocycles. The van der Waals surface area contributed by atoms with Crippen molar-refractivity contribution in [2.24, 2.45) is 0 Å². The van der Waals surface area contributed by atoms with Gasteiger partial charge >= 0.3 is 0 Å². The molecule has 4 heteroatoms. The summed E-state index contributed by atoms with van der Waals surface area (Å²) in [5, 5.41) is 1.08. The maximum Gasteiger partial charge on any atom is 0.187 e. The van der Waals surface area contributed by atoms with Crippen LogP contribution in [0.4, 0.5) is 5.69 Å². The van der Waals surface area contributed by atoms with E-state index in [9.17, 15) is 0 Å². The van der Waals surface area contributed by atoms with Crippen LogP contribution in [0.2, 0.25) is 0 Å². The Morgan fingerprint density at radius 1 is 1.15 bits per heavy atom. The van der Waals surface area contributed by atoms with E-state index in [-0.39, 0.29) is 0 Å². The van der Waals surface area contributed by atoms with Crippen LogP contribution in [0, 0.1) is 6.57 Å². The van der Waals surface area contributed by atoms with Crippen LogP contribution in [0.5, 0.6) is 0 Å². The van der Waals surface area contributed by atoms with Crippen LogP contribution in [-0.4, -0.2) is 14.5 Å². The van der Waals surface area contributed by atoms with Gasteiger partial charge in [-0.2, -0.15) is 0 Å². The van der Waals surface area contributed by atoms with E-state index >= 15 is 0 Å². The van der Waals surface area contributed by atoms with Gasteiger partial charge in [-0.3, -0.25) is 0 Å². The zero-order valence-corrected chi connectivity index (χ0v) is 11.4. The smallest absolute Gasteiger partial charge is 0.187 e. The SMILES string of the molecule is [C-]#[N+]c1ccc2c(c1)cc(-c1cncnc1)n2C(C)C. The van der Waals surface area contributed by atoms with Gasteiger partial charge < -0.3 is 4.57 Å². The van der Waals surface area contributed by atoms with Gasteiger partial charge in [-0.25, -0.2) is 14.8 Å². The van der Waals surface area contributed by atoms with Crippen molar-refractivity contribution in [3.05, 3.63) is 54.4 Å². The van der Waals surface area contributed by atoms with Gasteiger partial charge in [0.15, 0.2) is 5.69 Å². The van der Waals surface area contributed by atoms with Gasteiger partial charge in [0.25, 0.3) is 0 Å². The van der Waals surface area contributed by atoms with E-state index in [0.717, 1.165) is 22.2 Å². The summed E-state index contributed by atoms with van der Waals surface area (Å²) in [5.74, 6) is 0. The highest BCUT2D eigenvalue weighted by molar-refractivity contribution is 5.89. The molecule has 0 atom stereocenters. The first-order chi connectivity index (χ1) is 9.70. The maximum absolute atomic E-state index is 7.13. The molecule has 1 aromatic carbocycles. The molecule has 0 aliphatic carbocycles. The van der Waals surface area contributed by atoms with Crippen LogP contribution in [0.15, 0.2) is 43.0 Å². The van der Waals surface area contributed by atoms with Crippen LogP contribution >= 0.6 is 0 Å². The molecule has 3 rings (SSSR count). The maximum atomic E-state index is 7.13. The molecule has 0 bridgehead atoms. The molecular weight excluding hydrogens is 248 g/mol. The van der Waals surface area contributed by atoms with E-state index < -0.39 is 0 Å². The summed E-state index contributed by atoms with van der Waals surface area (Å²) in [6, 6.07) is 8.22. The number of hydrogen-bond donors (Lipinski definition) is 0. The van der Waals surface area contributed by atoms with E-state index in [0.29, 0.717) is 11.7 Å². The van der Waals surface area contributed by atoms with Gasteiger partial charge in [-0.05, 0) is 37.4 Å². The van der Waals surface area contributed by atoms with Crippen molar-refractivity contribution in [1.29, 1.82) is 0 Å². The normalized spacial score (nSPS) is 10.9. The second kappa shape index (κ2) is 4.78. The van der Waals surface area contributed by atoms with E-state index in [1.54, 1.807) is 0 Å². The van der Waals surface area contributed by atoms with Crippen LogP contribution in [0.3, 0.4) is 0 Å². The molecule has 0 spiro atoms. The van der Waals surface area contributed by atoms with Crippen molar-refractivity contribution < 1.29 is 0 Å². The van der Waals surface area contributed by atoms with E-state index in [1.807, 2.05) is 30.6 Å². The lowest BCUT2D eigenvalue weighted by Crippen LogP contribution is -2.02. The molecule has 0 N–H and O–H groups in total. The van der Waals surface area contributed by atoms with Crippen molar-refractivity contribution in [1.82, 2.24) is 14.5 Å². The van der Waals surface area contributed by atoms with Gasteiger partial charge in [0, 0.05) is 29.5 Å². The fraction of sp³-hybridized carbons (Fsp3) is 0.188. The highest BCUT2D eigenvalue weighted by Gasteiger charge is 2.13. The average Bonchev–Trinajstić information content (AvgIpc) is 2.86. The minimum atomic E-state index is 0.321. The standard InChI is InChI=1S/C16H14N4/c1-11(2)20-15-5-4-14(17-3)6-12(15)7-16(20)13-8-18-10-19-9-13/h4-11H,1-2H3. The van der Waals surface area contributed by atoms with Crippen LogP contribution in [0.1, 0.15) is 19.9 Å². The Bertz CT molecular complexity index is 794. The summed E-state index contributed by atoms with van der Waals surface area (Å²) >= 11 is 0. The molecule has 20 heavy (non-hydrogen) atoms. The Kier molecular flexibility index (Phi) is 2.96. The lowest BCUT2D eigenvalue weighted by molar-refractivity contribution is 0.628. The highest BCUT2D eigenvalue weighted by Crippen LogP contribution is 2.32. The first kappa shape index (κ1) is 12.4. The predicted molar refractivity (Wildman–Crippen MR) is 79.6 cm³/mol. The summed E-state index contributed by atoms with van der Waals surface area (Å²) in [6.07, 6.45) is 5.16. The Morgan fingerprint density at radius 2 is 1.90 bits per heavy atom. The molecule has 4 nitrogen and oxygen atoms in total. The molecule has 0 aliphatic rings. The number of benzene rings is 1. The van der Waals surface area contributed by atoms with Crippen molar-refractivity contribution in [2.75, 3.05) is 0 Å². The fourth-order valence-corrected chi connectivity index (χ4v) is 2.50. The Morgan fingerprint density at radius 3 is 2.55 bits per heavy atom. The number of rotatable bonds is 2. The van der Waals surface area contributed by atoms with E-state index in [1.165, 1.54) is 6.33 Å². The predicted octanol–water partition coefficient (Wildman–Crippen LogP) is 4.23. The molecule has 2 aromatic heterocycles. The zero-order valence-electron chi connectivity index (χ0n) is 11.4. The first-order valence-electron chi connectivity index (χ1n) is 6.48. The van der Waals surface area contributed by atoms with Crippen LogP contribution in [-0.2, 0) is 0 Å². The van der Waals surface area contributed by atoms with E-state index in [2.05, 4.69) is 39.3 Å². The molecule has 0 unspecified atom stereocenters. The third-order valence-electron chi connectivity index (χ3n) is 3.32. The van der Waals surface area contributed by atoms with Crippen LogP contribution in [0.25, 0.3) is 27.0 Å². The minimum Gasteiger partial charge on any atom is -0.338 e. The summed E-state index contributed by atoms with van der Waals surface area (Å²) in [4.78, 5) is 11.7. The second-order valence-electron chi connectivity index (χ2n) is 4.98. The summed E-state index contributed by atoms with van der Waals surface area (Å²) in [7, 11) is 0. The average molecular weight is 262 g/mol. The monoisotopic (exact) mass is 262 g/mol. The Labute approximate surface area is 117 Å². The number of aromatic nitrogens is 3. The molecule has 0 fully saturated rings. The topological polar surface area (TPSA) is 35.1 Å². The van der Waals surface area contributed by atoms with Gasteiger partial charge in [-0.1, -0.05) is 6.07 Å². The number of hydrogen-bond acceptors (Lipinski definition) is 2. The third-order valence-corrected chi connectivity index (χ3v) is 3.32. The van der Waals surface area contributed by atoms with Crippen molar-refractivity contribution in [3.8, 4) is 11.3 Å². The van der Waals surface area contributed by atoms with Gasteiger partial charge in [-0.15, -0.1) is 0 Å². The van der Waals surface area contributed by atoms with Gasteiger partial charge in [0.2, 0.25) is 0 Å². The molecule has 0 radical (unpaired) electrons. The Hall–Kier alpha value is -2.67. The molecule has 2 heterocycles. The van der Waals surface area contributed by atoms with Gasteiger partial charge in [0.05, 0.1) is 12.3 Å². The number of fused-ring (bicyclic) bond motifs is 1. The molecule has 0 amide bonds. The first-order valence-corrected chi connectivity index (χ1v) is 6.48. The molecule has 98 valence electrons. The number of nitrogens with zero attached hydrogens (tertiary/aromatic N) is 4. The lowest BCUT2D eigenvalue weighted by Gasteiger charge is -2.14. The minimum absolute atomic E-state index is 0.321. The molecule has 3 aromatic rings. The third kappa shape index (κ3) is 1.94. The van der Waals surface area contributed by atoms with Crippen molar-refractivity contribution in [2.45, 2.75) is 19.9 Å².